The zero-order valence-electron chi connectivity index (χ0n) is 23.7. The number of ketones is 1. The van der Waals surface area contributed by atoms with E-state index in [9.17, 15) is 23.6 Å². The standard InChI is InChI=1S/C30H40FNO6S/c1-18(10-7-8-15-32-30(36)37-6)25-17-20(3)27(29(35)38-25)28(34)22(5)21(4)19(2)16-24-14-13-23(39-24)11-9-12-26(31)33/h8,13-15,17-19,21-22H,7,9-12,16H2,1-6H3,(H,32,36)/b15-8+. The number of hydrogen-bond acceptors (Lipinski definition) is 7. The Morgan fingerprint density at radius 2 is 1.85 bits per heavy atom. The van der Waals surface area contributed by atoms with Gasteiger partial charge in [0.05, 0.1) is 7.11 Å². The van der Waals surface area contributed by atoms with E-state index in [4.69, 9.17) is 4.42 Å². The number of carbonyl (C=O) groups excluding carboxylic acids is 3. The zero-order chi connectivity index (χ0) is 29.1. The van der Waals surface area contributed by atoms with E-state index in [0.717, 1.165) is 11.3 Å². The molecule has 0 aliphatic heterocycles. The second-order valence-electron chi connectivity index (χ2n) is 10.3. The minimum Gasteiger partial charge on any atom is -0.453 e. The fourth-order valence-corrected chi connectivity index (χ4v) is 5.66. The zero-order valence-corrected chi connectivity index (χ0v) is 24.5. The molecule has 39 heavy (non-hydrogen) atoms. The summed E-state index contributed by atoms with van der Waals surface area (Å²) in [4.78, 5) is 50.2. The largest absolute Gasteiger partial charge is 0.453 e. The van der Waals surface area contributed by atoms with Gasteiger partial charge >= 0.3 is 17.8 Å². The van der Waals surface area contributed by atoms with E-state index >= 15 is 0 Å². The number of rotatable bonds is 15. The van der Waals surface area contributed by atoms with E-state index in [1.54, 1.807) is 30.4 Å². The summed E-state index contributed by atoms with van der Waals surface area (Å²) in [5, 5.41) is 2.46. The van der Waals surface area contributed by atoms with Crippen LogP contribution < -0.4 is 10.9 Å². The molecule has 2 aromatic heterocycles. The number of allylic oxidation sites excluding steroid dienone is 1. The first-order valence-electron chi connectivity index (χ1n) is 13.4. The van der Waals surface area contributed by atoms with Crippen LogP contribution >= 0.6 is 11.3 Å². The number of ether oxygens (including phenoxy) is 1. The maximum absolute atomic E-state index is 13.4. The minimum atomic E-state index is -1.28. The molecule has 0 fully saturated rings. The lowest BCUT2D eigenvalue weighted by Crippen LogP contribution is -2.29. The van der Waals surface area contributed by atoms with Gasteiger partial charge in [0.1, 0.15) is 11.3 Å². The highest BCUT2D eigenvalue weighted by atomic mass is 32.1. The molecule has 0 radical (unpaired) electrons. The van der Waals surface area contributed by atoms with Crippen molar-refractivity contribution in [3.8, 4) is 0 Å². The normalized spacial score (nSPS) is 14.5. The Morgan fingerprint density at radius 1 is 1.15 bits per heavy atom. The fourth-order valence-electron chi connectivity index (χ4n) is 4.46. The maximum Gasteiger partial charge on any atom is 0.410 e. The molecule has 1 amide bonds. The molecular weight excluding hydrogens is 521 g/mol. The van der Waals surface area contributed by atoms with Crippen LogP contribution in [-0.2, 0) is 22.4 Å². The molecule has 2 heterocycles. The van der Waals surface area contributed by atoms with Gasteiger partial charge < -0.3 is 9.15 Å². The van der Waals surface area contributed by atoms with Gasteiger partial charge in [-0.15, -0.1) is 11.3 Å². The van der Waals surface area contributed by atoms with Gasteiger partial charge in [-0.3, -0.25) is 14.9 Å². The van der Waals surface area contributed by atoms with E-state index in [-0.39, 0.29) is 41.4 Å². The van der Waals surface area contributed by atoms with Gasteiger partial charge in [-0.25, -0.2) is 9.59 Å². The van der Waals surface area contributed by atoms with E-state index in [0.29, 0.717) is 37.0 Å². The smallest absolute Gasteiger partial charge is 0.410 e. The quantitative estimate of drug-likeness (QED) is 0.187. The Labute approximate surface area is 233 Å². The molecule has 0 aliphatic rings. The number of halogens is 1. The van der Waals surface area contributed by atoms with Crippen LogP contribution in [0, 0.1) is 24.7 Å². The molecule has 0 bridgehead atoms. The molecule has 2 rings (SSSR count). The Kier molecular flexibility index (Phi) is 12.8. The number of aryl methyl sites for hydroxylation is 2. The van der Waals surface area contributed by atoms with Gasteiger partial charge in [-0.05, 0) is 74.6 Å². The first-order chi connectivity index (χ1) is 18.4. The number of alkyl carbamates (subject to hydrolysis) is 1. The maximum atomic E-state index is 13.4. The molecule has 0 saturated carbocycles. The first-order valence-corrected chi connectivity index (χ1v) is 14.2. The average molecular weight is 562 g/mol. The Bertz CT molecular complexity index is 1220. The molecule has 0 aliphatic carbocycles. The molecular formula is C30H40FNO6S. The topological polar surface area (TPSA) is 103 Å². The molecule has 2 aromatic rings. The lowest BCUT2D eigenvalue weighted by molar-refractivity contribution is -0.129. The van der Waals surface area contributed by atoms with Gasteiger partial charge in [-0.2, -0.15) is 4.39 Å². The summed E-state index contributed by atoms with van der Waals surface area (Å²) >= 11 is 1.65. The van der Waals surface area contributed by atoms with Crippen molar-refractivity contribution in [1.82, 2.24) is 5.32 Å². The van der Waals surface area contributed by atoms with Crippen LogP contribution in [0.15, 0.2) is 39.7 Å². The average Bonchev–Trinajstić information content (AvgIpc) is 3.33. The summed E-state index contributed by atoms with van der Waals surface area (Å²) in [5.74, 6) is 0.118. The third-order valence-corrected chi connectivity index (χ3v) is 8.47. The van der Waals surface area contributed by atoms with E-state index in [1.807, 2.05) is 26.8 Å². The number of Topliss-reactive ketones (excluding diaryl/α,β-unsaturated/α-hetero) is 1. The number of thiophene rings is 1. The predicted molar refractivity (Wildman–Crippen MR) is 151 cm³/mol. The first kappa shape index (κ1) is 32.1. The second-order valence-corrected chi connectivity index (χ2v) is 11.5. The number of carbonyl (C=O) groups is 3. The number of methoxy groups -OCH3 is 1. The van der Waals surface area contributed by atoms with Gasteiger partial charge in [-0.1, -0.05) is 33.8 Å². The third kappa shape index (κ3) is 9.88. The van der Waals surface area contributed by atoms with Crippen molar-refractivity contribution in [2.45, 2.75) is 79.1 Å². The highest BCUT2D eigenvalue weighted by Gasteiger charge is 2.30. The van der Waals surface area contributed by atoms with Crippen LogP contribution in [0.1, 0.15) is 90.7 Å². The van der Waals surface area contributed by atoms with Crippen molar-refractivity contribution >= 4 is 29.3 Å². The number of hydrogen-bond donors (Lipinski definition) is 1. The molecule has 9 heteroatoms. The molecule has 0 spiro atoms. The Balaban J connectivity index is 2.00. The lowest BCUT2D eigenvalue weighted by atomic mass is 9.79. The van der Waals surface area contributed by atoms with Crippen molar-refractivity contribution in [3.05, 3.63) is 67.5 Å². The molecule has 1 N–H and O–H groups in total. The summed E-state index contributed by atoms with van der Waals surface area (Å²) in [5.41, 5.74) is 0.119. The van der Waals surface area contributed by atoms with Crippen LogP contribution in [0.4, 0.5) is 9.18 Å². The molecule has 7 nitrogen and oxygen atoms in total. The molecule has 4 atom stereocenters. The van der Waals surface area contributed by atoms with Gasteiger partial charge in [0.2, 0.25) is 0 Å². The van der Waals surface area contributed by atoms with Crippen molar-refractivity contribution in [2.24, 2.45) is 17.8 Å². The predicted octanol–water partition coefficient (Wildman–Crippen LogP) is 6.92. The van der Waals surface area contributed by atoms with E-state index in [1.165, 1.54) is 18.2 Å². The summed E-state index contributed by atoms with van der Waals surface area (Å²) in [6.07, 6.45) is 6.03. The fraction of sp³-hybridized carbons (Fsp3) is 0.533. The number of nitrogens with one attached hydrogen (secondary N) is 1. The van der Waals surface area contributed by atoms with Crippen molar-refractivity contribution < 1.29 is 27.9 Å². The highest BCUT2D eigenvalue weighted by molar-refractivity contribution is 7.12. The molecule has 0 saturated heterocycles. The van der Waals surface area contributed by atoms with E-state index in [2.05, 4.69) is 23.0 Å². The molecule has 0 aromatic carbocycles. The van der Waals surface area contributed by atoms with Gasteiger partial charge in [0, 0.05) is 34.2 Å². The van der Waals surface area contributed by atoms with E-state index < -0.39 is 17.8 Å². The second kappa shape index (κ2) is 15.5. The summed E-state index contributed by atoms with van der Waals surface area (Å²) < 4.78 is 22.5. The Hall–Kier alpha value is -3.07. The van der Waals surface area contributed by atoms with Crippen LogP contribution in [0.2, 0.25) is 0 Å². The molecule has 214 valence electrons. The van der Waals surface area contributed by atoms with Crippen molar-refractivity contribution in [3.63, 3.8) is 0 Å². The Morgan fingerprint density at radius 3 is 2.49 bits per heavy atom. The third-order valence-electron chi connectivity index (χ3n) is 7.31. The van der Waals surface area contributed by atoms with Crippen LogP contribution in [0.5, 0.6) is 0 Å². The van der Waals surface area contributed by atoms with Crippen LogP contribution in [0.25, 0.3) is 0 Å². The summed E-state index contributed by atoms with van der Waals surface area (Å²) in [7, 11) is 1.29. The van der Waals surface area contributed by atoms with Gasteiger partial charge in [0.15, 0.2) is 5.78 Å². The van der Waals surface area contributed by atoms with Crippen molar-refractivity contribution in [2.75, 3.05) is 7.11 Å². The van der Waals surface area contributed by atoms with Crippen LogP contribution in [-0.4, -0.2) is 25.0 Å². The van der Waals surface area contributed by atoms with Crippen molar-refractivity contribution in [1.29, 1.82) is 0 Å². The van der Waals surface area contributed by atoms with Crippen LogP contribution in [0.3, 0.4) is 0 Å². The molecule has 4 unspecified atom stereocenters. The summed E-state index contributed by atoms with van der Waals surface area (Å²) in [6.45, 7) is 9.71. The van der Waals surface area contributed by atoms with Gasteiger partial charge in [0.25, 0.3) is 0 Å². The SMILES string of the molecule is COC(=O)N/C=C/CCC(C)c1cc(C)c(C(=O)C(C)C(C)C(C)Cc2ccc(CCCC(=O)F)s2)c(=O)o1. The highest BCUT2D eigenvalue weighted by Crippen LogP contribution is 2.30. The minimum absolute atomic E-state index is 0.0231. The monoisotopic (exact) mass is 561 g/mol. The number of amides is 1. The summed E-state index contributed by atoms with van der Waals surface area (Å²) in [6, 6.07) is 4.57. The lowest BCUT2D eigenvalue weighted by Gasteiger charge is -2.25.